The van der Waals surface area contributed by atoms with Gasteiger partial charge in [0.1, 0.15) is 11.5 Å². The highest BCUT2D eigenvalue weighted by atomic mass is 32.2. The highest BCUT2D eigenvalue weighted by molar-refractivity contribution is 7.90. The third-order valence-corrected chi connectivity index (χ3v) is 3.60. The quantitative estimate of drug-likeness (QED) is 0.853. The number of sulfone groups is 1. The van der Waals surface area contributed by atoms with Gasteiger partial charge in [-0.2, -0.15) is 0 Å². The lowest BCUT2D eigenvalue weighted by Crippen LogP contribution is -1.97. The van der Waals surface area contributed by atoms with E-state index in [1.54, 1.807) is 18.2 Å². The fraction of sp³-hybridized carbons (Fsp3) is 0.143. The lowest BCUT2D eigenvalue weighted by Gasteiger charge is -2.07. The van der Waals surface area contributed by atoms with Crippen molar-refractivity contribution in [2.45, 2.75) is 11.8 Å². The SMILES string of the molecule is Cc1ccc(Oc2cccc(S(C)(=O)=O)c2)cc1. The van der Waals surface area contributed by atoms with E-state index in [1.165, 1.54) is 12.3 Å². The van der Waals surface area contributed by atoms with Crippen LogP contribution in [0.1, 0.15) is 5.56 Å². The molecule has 0 radical (unpaired) electrons. The molecule has 0 unspecified atom stereocenters. The zero-order chi connectivity index (χ0) is 13.2. The maximum Gasteiger partial charge on any atom is 0.175 e. The molecule has 0 atom stereocenters. The normalized spacial score (nSPS) is 11.2. The first-order chi connectivity index (χ1) is 8.45. The van der Waals surface area contributed by atoms with E-state index in [-0.39, 0.29) is 4.90 Å². The van der Waals surface area contributed by atoms with Crippen LogP contribution in [-0.2, 0) is 9.84 Å². The average molecular weight is 262 g/mol. The highest BCUT2D eigenvalue weighted by Gasteiger charge is 2.08. The van der Waals surface area contributed by atoms with E-state index in [9.17, 15) is 8.42 Å². The van der Waals surface area contributed by atoms with Crippen molar-refractivity contribution in [1.29, 1.82) is 0 Å². The first-order valence-electron chi connectivity index (χ1n) is 5.50. The van der Waals surface area contributed by atoms with Gasteiger partial charge in [-0.1, -0.05) is 23.8 Å². The summed E-state index contributed by atoms with van der Waals surface area (Å²) in [6.45, 7) is 1.99. The van der Waals surface area contributed by atoms with E-state index in [1.807, 2.05) is 31.2 Å². The van der Waals surface area contributed by atoms with Gasteiger partial charge < -0.3 is 4.74 Å². The van der Waals surface area contributed by atoms with Gasteiger partial charge in [0.2, 0.25) is 0 Å². The molecule has 0 spiro atoms. The zero-order valence-electron chi connectivity index (χ0n) is 10.3. The maximum atomic E-state index is 11.4. The van der Waals surface area contributed by atoms with Crippen molar-refractivity contribution in [1.82, 2.24) is 0 Å². The Morgan fingerprint density at radius 3 is 2.22 bits per heavy atom. The van der Waals surface area contributed by atoms with Crippen molar-refractivity contribution < 1.29 is 13.2 Å². The Labute approximate surface area is 107 Å². The summed E-state index contributed by atoms with van der Waals surface area (Å²) in [5.41, 5.74) is 1.15. The minimum atomic E-state index is -3.20. The van der Waals surface area contributed by atoms with Crippen LogP contribution < -0.4 is 4.74 Å². The van der Waals surface area contributed by atoms with Gasteiger partial charge in [0, 0.05) is 6.26 Å². The number of benzene rings is 2. The number of rotatable bonds is 3. The number of aryl methyl sites for hydroxylation is 1. The monoisotopic (exact) mass is 262 g/mol. The van der Waals surface area contributed by atoms with Crippen LogP contribution in [0.25, 0.3) is 0 Å². The zero-order valence-corrected chi connectivity index (χ0v) is 11.1. The Kier molecular flexibility index (Phi) is 3.39. The summed E-state index contributed by atoms with van der Waals surface area (Å²) in [6.07, 6.45) is 1.18. The Hall–Kier alpha value is -1.81. The van der Waals surface area contributed by atoms with Crippen LogP contribution in [0.3, 0.4) is 0 Å². The minimum Gasteiger partial charge on any atom is -0.457 e. The molecule has 4 heteroatoms. The van der Waals surface area contributed by atoms with Crippen LogP contribution in [0.4, 0.5) is 0 Å². The number of hydrogen-bond acceptors (Lipinski definition) is 3. The predicted molar refractivity (Wildman–Crippen MR) is 70.8 cm³/mol. The molecule has 0 bridgehead atoms. The fourth-order valence-corrected chi connectivity index (χ4v) is 2.17. The molecule has 3 nitrogen and oxygen atoms in total. The van der Waals surface area contributed by atoms with Crippen LogP contribution >= 0.6 is 0 Å². The Balaban J connectivity index is 2.27. The average Bonchev–Trinajstić information content (AvgIpc) is 2.31. The van der Waals surface area contributed by atoms with Crippen molar-refractivity contribution in [2.24, 2.45) is 0 Å². The van der Waals surface area contributed by atoms with Gasteiger partial charge in [-0.05, 0) is 37.3 Å². The molecule has 0 amide bonds. The van der Waals surface area contributed by atoms with Crippen molar-refractivity contribution >= 4 is 9.84 Å². The van der Waals surface area contributed by atoms with Crippen molar-refractivity contribution in [3.05, 3.63) is 54.1 Å². The smallest absolute Gasteiger partial charge is 0.175 e. The van der Waals surface area contributed by atoms with E-state index in [0.717, 1.165) is 5.56 Å². The second-order valence-electron chi connectivity index (χ2n) is 4.16. The van der Waals surface area contributed by atoms with Crippen molar-refractivity contribution in [2.75, 3.05) is 6.26 Å². The maximum absolute atomic E-state index is 11.4. The molecule has 2 aromatic rings. The van der Waals surface area contributed by atoms with Crippen LogP contribution in [0, 0.1) is 6.92 Å². The van der Waals surface area contributed by atoms with Gasteiger partial charge in [-0.15, -0.1) is 0 Å². The molecule has 2 aromatic carbocycles. The number of ether oxygens (including phenoxy) is 1. The molecule has 0 aliphatic carbocycles. The van der Waals surface area contributed by atoms with Crippen molar-refractivity contribution in [3.8, 4) is 11.5 Å². The van der Waals surface area contributed by atoms with Gasteiger partial charge in [0.05, 0.1) is 4.90 Å². The fourth-order valence-electron chi connectivity index (χ4n) is 1.51. The molecule has 0 aliphatic rings. The van der Waals surface area contributed by atoms with Crippen molar-refractivity contribution in [3.63, 3.8) is 0 Å². The minimum absolute atomic E-state index is 0.257. The van der Waals surface area contributed by atoms with Gasteiger partial charge in [0.25, 0.3) is 0 Å². The Morgan fingerprint density at radius 2 is 1.61 bits per heavy atom. The van der Waals surface area contributed by atoms with Gasteiger partial charge in [0.15, 0.2) is 9.84 Å². The topological polar surface area (TPSA) is 43.4 Å². The van der Waals surface area contributed by atoms with E-state index < -0.39 is 9.84 Å². The molecule has 2 rings (SSSR count). The second kappa shape index (κ2) is 4.82. The van der Waals surface area contributed by atoms with E-state index in [4.69, 9.17) is 4.74 Å². The molecule has 0 fully saturated rings. The van der Waals surface area contributed by atoms with Crippen LogP contribution in [0.2, 0.25) is 0 Å². The lowest BCUT2D eigenvalue weighted by molar-refractivity contribution is 0.480. The first kappa shape index (κ1) is 12.6. The molecule has 0 aromatic heterocycles. The molecule has 0 N–H and O–H groups in total. The summed E-state index contributed by atoms with van der Waals surface area (Å²) < 4.78 is 28.5. The second-order valence-corrected chi connectivity index (χ2v) is 6.18. The summed E-state index contributed by atoms with van der Waals surface area (Å²) in [4.78, 5) is 0.257. The highest BCUT2D eigenvalue weighted by Crippen LogP contribution is 2.24. The summed E-state index contributed by atoms with van der Waals surface area (Å²) >= 11 is 0. The van der Waals surface area contributed by atoms with Gasteiger partial charge in [-0.3, -0.25) is 0 Å². The largest absolute Gasteiger partial charge is 0.457 e. The molecular weight excluding hydrogens is 248 g/mol. The van der Waals surface area contributed by atoms with Crippen LogP contribution in [-0.4, -0.2) is 14.7 Å². The Morgan fingerprint density at radius 1 is 0.944 bits per heavy atom. The molecule has 0 saturated heterocycles. The third-order valence-electron chi connectivity index (χ3n) is 2.49. The number of hydrogen-bond donors (Lipinski definition) is 0. The third kappa shape index (κ3) is 3.11. The molecule has 94 valence electrons. The Bertz CT molecular complexity index is 643. The van der Waals surface area contributed by atoms with Crippen LogP contribution in [0.15, 0.2) is 53.4 Å². The van der Waals surface area contributed by atoms with Crippen LogP contribution in [0.5, 0.6) is 11.5 Å². The van der Waals surface area contributed by atoms with E-state index in [0.29, 0.717) is 11.5 Å². The summed E-state index contributed by atoms with van der Waals surface area (Å²) in [7, 11) is -3.20. The molecule has 0 saturated carbocycles. The van der Waals surface area contributed by atoms with Gasteiger partial charge in [-0.25, -0.2) is 8.42 Å². The van der Waals surface area contributed by atoms with Gasteiger partial charge >= 0.3 is 0 Å². The standard InChI is InChI=1S/C14H14O3S/c1-11-6-8-12(9-7-11)17-13-4-3-5-14(10-13)18(2,15)16/h3-10H,1-2H3. The molecular formula is C14H14O3S. The van der Waals surface area contributed by atoms with E-state index >= 15 is 0 Å². The molecule has 18 heavy (non-hydrogen) atoms. The molecule has 0 heterocycles. The predicted octanol–water partition coefficient (Wildman–Crippen LogP) is 3.19. The lowest BCUT2D eigenvalue weighted by atomic mass is 10.2. The summed E-state index contributed by atoms with van der Waals surface area (Å²) in [6, 6.07) is 14.1. The molecule has 0 aliphatic heterocycles. The summed E-state index contributed by atoms with van der Waals surface area (Å²) in [5, 5.41) is 0. The first-order valence-corrected chi connectivity index (χ1v) is 7.39. The van der Waals surface area contributed by atoms with E-state index in [2.05, 4.69) is 0 Å². The summed E-state index contributed by atoms with van der Waals surface area (Å²) in [5.74, 6) is 1.20.